The molecule has 0 unspecified atom stereocenters. The van der Waals surface area contributed by atoms with Gasteiger partial charge in [-0.25, -0.2) is 0 Å². The van der Waals surface area contributed by atoms with Gasteiger partial charge in [0.05, 0.1) is 12.0 Å². The second-order valence-electron chi connectivity index (χ2n) is 4.39. The van der Waals surface area contributed by atoms with Gasteiger partial charge in [0.1, 0.15) is 16.6 Å². The van der Waals surface area contributed by atoms with Gasteiger partial charge < -0.3 is 9.84 Å². The van der Waals surface area contributed by atoms with Gasteiger partial charge in [-0.15, -0.1) is 0 Å². The molecule has 0 bridgehead atoms. The third-order valence-electron chi connectivity index (χ3n) is 2.90. The summed E-state index contributed by atoms with van der Waals surface area (Å²) in [4.78, 5) is 24.4. The van der Waals surface area contributed by atoms with Gasteiger partial charge in [0, 0.05) is 0 Å². The van der Waals surface area contributed by atoms with Gasteiger partial charge in [0.25, 0.3) is 5.91 Å². The van der Waals surface area contributed by atoms with E-state index in [2.05, 4.69) is 0 Å². The maximum atomic E-state index is 12.1. The number of aryl methyl sites for hydroxylation is 1. The predicted octanol–water partition coefficient (Wildman–Crippen LogP) is 2.29. The van der Waals surface area contributed by atoms with Crippen LogP contribution in [0.15, 0.2) is 23.1 Å². The number of hydrogen-bond donors (Lipinski definition) is 1. The Kier molecular flexibility index (Phi) is 4.64. The molecule has 0 aliphatic carbocycles. The third kappa shape index (κ3) is 3.43. The van der Waals surface area contributed by atoms with Gasteiger partial charge in [-0.2, -0.15) is 0 Å². The first-order valence-electron chi connectivity index (χ1n) is 6.04. The molecule has 0 radical (unpaired) electrons. The van der Waals surface area contributed by atoms with Crippen LogP contribution in [0.1, 0.15) is 11.1 Å². The molecule has 1 aromatic carbocycles. The summed E-state index contributed by atoms with van der Waals surface area (Å²) in [5, 5.41) is 8.79. The molecule has 0 aromatic heterocycles. The smallest absolute Gasteiger partial charge is 0.323 e. The Hall–Kier alpha value is -1.86. The molecule has 110 valence electrons. The first-order chi connectivity index (χ1) is 9.92. The fraction of sp³-hybridized carbons (Fsp3) is 0.214. The molecule has 1 aliphatic heterocycles. The van der Waals surface area contributed by atoms with E-state index in [0.29, 0.717) is 4.91 Å². The SMILES string of the molecule is COc1cc(/C=C2/SC(=S)N(CC(=O)O)C2=O)ccc1C. The van der Waals surface area contributed by atoms with Crippen LogP contribution in [0.3, 0.4) is 0 Å². The minimum absolute atomic E-state index is 0.257. The topological polar surface area (TPSA) is 66.8 Å². The summed E-state index contributed by atoms with van der Waals surface area (Å²) < 4.78 is 5.49. The Balaban J connectivity index is 2.28. The van der Waals surface area contributed by atoms with Crippen LogP contribution in [-0.2, 0) is 9.59 Å². The number of ether oxygens (including phenoxy) is 1. The average Bonchev–Trinajstić information content (AvgIpc) is 2.68. The van der Waals surface area contributed by atoms with E-state index in [1.165, 1.54) is 0 Å². The quantitative estimate of drug-likeness (QED) is 0.677. The number of rotatable bonds is 4. The number of carbonyl (C=O) groups is 2. The van der Waals surface area contributed by atoms with Crippen LogP contribution in [-0.4, -0.2) is 39.9 Å². The number of carbonyl (C=O) groups excluding carboxylic acids is 1. The average molecular weight is 323 g/mol. The molecule has 21 heavy (non-hydrogen) atoms. The van der Waals surface area contributed by atoms with Crippen LogP contribution in [0.5, 0.6) is 5.75 Å². The van der Waals surface area contributed by atoms with Crippen molar-refractivity contribution in [2.24, 2.45) is 0 Å². The molecule has 1 fully saturated rings. The van der Waals surface area contributed by atoms with Crippen LogP contribution in [0.25, 0.3) is 6.08 Å². The van der Waals surface area contributed by atoms with Crippen LogP contribution in [0, 0.1) is 6.92 Å². The number of thiocarbonyl (C=S) groups is 1. The van der Waals surface area contributed by atoms with Crippen molar-refractivity contribution in [1.82, 2.24) is 4.90 Å². The lowest BCUT2D eigenvalue weighted by Crippen LogP contribution is -2.33. The molecule has 0 saturated carbocycles. The molecule has 1 N–H and O–H groups in total. The predicted molar refractivity (Wildman–Crippen MR) is 85.2 cm³/mol. The summed E-state index contributed by atoms with van der Waals surface area (Å²) in [5.74, 6) is -0.749. The normalized spacial score (nSPS) is 16.7. The Morgan fingerprint density at radius 2 is 2.24 bits per heavy atom. The molecule has 1 saturated heterocycles. The Morgan fingerprint density at radius 3 is 2.86 bits per heavy atom. The molecule has 1 aliphatic rings. The lowest BCUT2D eigenvalue weighted by Gasteiger charge is -2.10. The Morgan fingerprint density at radius 1 is 1.52 bits per heavy atom. The van der Waals surface area contributed by atoms with E-state index in [0.717, 1.165) is 33.5 Å². The molecule has 0 atom stereocenters. The number of carboxylic acid groups (broad SMARTS) is 1. The lowest BCUT2D eigenvalue weighted by molar-refractivity contribution is -0.140. The van der Waals surface area contributed by atoms with Crippen LogP contribution < -0.4 is 4.74 Å². The highest BCUT2D eigenvalue weighted by Crippen LogP contribution is 2.33. The fourth-order valence-corrected chi connectivity index (χ4v) is 3.10. The third-order valence-corrected chi connectivity index (χ3v) is 4.27. The van der Waals surface area contributed by atoms with E-state index in [1.54, 1.807) is 13.2 Å². The van der Waals surface area contributed by atoms with E-state index >= 15 is 0 Å². The van der Waals surface area contributed by atoms with E-state index in [1.807, 2.05) is 25.1 Å². The number of nitrogens with zero attached hydrogens (tertiary/aromatic N) is 1. The molecule has 1 heterocycles. The monoisotopic (exact) mass is 323 g/mol. The van der Waals surface area contributed by atoms with Crippen LogP contribution in [0.2, 0.25) is 0 Å². The van der Waals surface area contributed by atoms with Crippen LogP contribution >= 0.6 is 24.0 Å². The molecule has 1 amide bonds. The zero-order chi connectivity index (χ0) is 15.6. The highest BCUT2D eigenvalue weighted by atomic mass is 32.2. The maximum Gasteiger partial charge on any atom is 0.323 e. The number of methoxy groups -OCH3 is 1. The molecule has 1 aromatic rings. The molecule has 2 rings (SSSR count). The molecular formula is C14H13NO4S2. The number of benzene rings is 1. The minimum atomic E-state index is -1.09. The number of aliphatic carboxylic acids is 1. The largest absolute Gasteiger partial charge is 0.496 e. The van der Waals surface area contributed by atoms with Crippen molar-refractivity contribution in [2.75, 3.05) is 13.7 Å². The second kappa shape index (κ2) is 6.28. The zero-order valence-electron chi connectivity index (χ0n) is 11.5. The van der Waals surface area contributed by atoms with Crippen molar-refractivity contribution >= 4 is 46.3 Å². The van der Waals surface area contributed by atoms with E-state index < -0.39 is 12.5 Å². The summed E-state index contributed by atoms with van der Waals surface area (Å²) in [5.41, 5.74) is 1.79. The highest BCUT2D eigenvalue weighted by molar-refractivity contribution is 8.26. The summed E-state index contributed by atoms with van der Waals surface area (Å²) in [6.07, 6.45) is 1.68. The molecule has 0 spiro atoms. The standard InChI is InChI=1S/C14H13NO4S2/c1-8-3-4-9(5-10(8)19-2)6-11-13(18)15(7-12(16)17)14(20)21-11/h3-6H,7H2,1-2H3,(H,16,17)/b11-6+. The van der Waals surface area contributed by atoms with E-state index in [-0.39, 0.29) is 10.2 Å². The van der Waals surface area contributed by atoms with Gasteiger partial charge in [-0.05, 0) is 30.2 Å². The first kappa shape index (κ1) is 15.5. The van der Waals surface area contributed by atoms with Crippen molar-refractivity contribution in [1.29, 1.82) is 0 Å². The van der Waals surface area contributed by atoms with Gasteiger partial charge in [-0.3, -0.25) is 14.5 Å². The van der Waals surface area contributed by atoms with Crippen LogP contribution in [0.4, 0.5) is 0 Å². The molecule has 5 nitrogen and oxygen atoms in total. The van der Waals surface area contributed by atoms with Crippen molar-refractivity contribution in [3.8, 4) is 5.75 Å². The second-order valence-corrected chi connectivity index (χ2v) is 6.07. The highest BCUT2D eigenvalue weighted by Gasteiger charge is 2.33. The van der Waals surface area contributed by atoms with Gasteiger partial charge in [-0.1, -0.05) is 36.1 Å². The number of thioether (sulfide) groups is 1. The first-order valence-corrected chi connectivity index (χ1v) is 7.26. The van der Waals surface area contributed by atoms with Crippen molar-refractivity contribution < 1.29 is 19.4 Å². The van der Waals surface area contributed by atoms with E-state index in [4.69, 9.17) is 22.1 Å². The van der Waals surface area contributed by atoms with Gasteiger partial charge >= 0.3 is 5.97 Å². The summed E-state index contributed by atoms with van der Waals surface area (Å²) in [7, 11) is 1.58. The number of amides is 1. The zero-order valence-corrected chi connectivity index (χ0v) is 13.1. The Bertz CT molecular complexity index is 654. The van der Waals surface area contributed by atoms with Crippen molar-refractivity contribution in [3.63, 3.8) is 0 Å². The van der Waals surface area contributed by atoms with Crippen molar-refractivity contribution in [2.45, 2.75) is 6.92 Å². The van der Waals surface area contributed by atoms with Crippen molar-refractivity contribution in [3.05, 3.63) is 34.2 Å². The molecular weight excluding hydrogens is 310 g/mol. The lowest BCUT2D eigenvalue weighted by atomic mass is 10.1. The molecule has 7 heteroatoms. The summed E-state index contributed by atoms with van der Waals surface area (Å²) in [6, 6.07) is 5.57. The minimum Gasteiger partial charge on any atom is -0.496 e. The fourth-order valence-electron chi connectivity index (χ4n) is 1.85. The number of carboxylic acids is 1. The maximum absolute atomic E-state index is 12.1. The number of hydrogen-bond acceptors (Lipinski definition) is 5. The Labute approximate surface area is 131 Å². The summed E-state index contributed by atoms with van der Waals surface area (Å²) >= 11 is 6.14. The van der Waals surface area contributed by atoms with Gasteiger partial charge in [0.15, 0.2) is 0 Å². The van der Waals surface area contributed by atoms with Gasteiger partial charge in [0.2, 0.25) is 0 Å². The summed E-state index contributed by atoms with van der Waals surface area (Å²) in [6.45, 7) is 1.51. The van der Waals surface area contributed by atoms with E-state index in [9.17, 15) is 9.59 Å².